The molecule has 2 aliphatic rings. The summed E-state index contributed by atoms with van der Waals surface area (Å²) in [5.74, 6) is 0.279. The monoisotopic (exact) mass is 442 g/mol. The van der Waals surface area contributed by atoms with E-state index in [1.807, 2.05) is 23.1 Å². The lowest BCUT2D eigenvalue weighted by atomic mass is 9.87. The van der Waals surface area contributed by atoms with Gasteiger partial charge in [-0.2, -0.15) is 4.31 Å². The SMILES string of the molecule is CC[C@H](c1ccccc1)[C@H]1CCCN1C(=O)c1ccc(S(=O)(=O)N2CCOCC2)cc1. The van der Waals surface area contributed by atoms with Gasteiger partial charge in [0.25, 0.3) is 5.91 Å². The van der Waals surface area contributed by atoms with E-state index in [-0.39, 0.29) is 16.8 Å². The van der Waals surface area contributed by atoms with Crippen LogP contribution in [0.15, 0.2) is 59.5 Å². The van der Waals surface area contributed by atoms with E-state index in [2.05, 4.69) is 19.1 Å². The van der Waals surface area contributed by atoms with Gasteiger partial charge in [-0.3, -0.25) is 4.79 Å². The largest absolute Gasteiger partial charge is 0.379 e. The number of sulfonamides is 1. The predicted molar refractivity (Wildman–Crippen MR) is 120 cm³/mol. The van der Waals surface area contributed by atoms with Gasteiger partial charge in [-0.15, -0.1) is 0 Å². The number of ether oxygens (including phenoxy) is 1. The van der Waals surface area contributed by atoms with Gasteiger partial charge in [-0.05, 0) is 49.1 Å². The molecule has 6 nitrogen and oxygen atoms in total. The first-order valence-corrected chi connectivity index (χ1v) is 12.5. The molecule has 0 N–H and O–H groups in total. The summed E-state index contributed by atoms with van der Waals surface area (Å²) in [4.78, 5) is 15.5. The molecular formula is C24H30N2O4S. The van der Waals surface area contributed by atoms with Crippen molar-refractivity contribution in [1.29, 1.82) is 0 Å². The predicted octanol–water partition coefficient (Wildman–Crippen LogP) is 3.51. The van der Waals surface area contributed by atoms with Crippen LogP contribution in [0.4, 0.5) is 0 Å². The molecule has 2 atom stereocenters. The fourth-order valence-electron chi connectivity index (χ4n) is 4.76. The summed E-state index contributed by atoms with van der Waals surface area (Å²) in [6, 6.07) is 17.0. The van der Waals surface area contributed by atoms with Crippen LogP contribution in [0.2, 0.25) is 0 Å². The maximum atomic E-state index is 13.3. The van der Waals surface area contributed by atoms with Gasteiger partial charge in [-0.1, -0.05) is 37.3 Å². The summed E-state index contributed by atoms with van der Waals surface area (Å²) in [6.07, 6.45) is 2.95. The third kappa shape index (κ3) is 4.54. The second-order valence-electron chi connectivity index (χ2n) is 8.17. The molecule has 0 spiro atoms. The first kappa shape index (κ1) is 22.0. The van der Waals surface area contributed by atoms with Crippen molar-refractivity contribution in [2.75, 3.05) is 32.8 Å². The first-order chi connectivity index (χ1) is 15.0. The fraction of sp³-hybridized carbons (Fsp3) is 0.458. The number of hydrogen-bond acceptors (Lipinski definition) is 4. The number of rotatable bonds is 6. The minimum absolute atomic E-state index is 0.0211. The molecule has 0 aromatic heterocycles. The summed E-state index contributed by atoms with van der Waals surface area (Å²) in [5, 5.41) is 0. The quantitative estimate of drug-likeness (QED) is 0.687. The molecule has 166 valence electrons. The number of hydrogen-bond donors (Lipinski definition) is 0. The molecule has 0 bridgehead atoms. The summed E-state index contributed by atoms with van der Waals surface area (Å²) in [6.45, 7) is 4.44. The number of carbonyl (C=O) groups is 1. The van der Waals surface area contributed by atoms with Crippen LogP contribution in [-0.2, 0) is 14.8 Å². The molecule has 7 heteroatoms. The lowest BCUT2D eigenvalue weighted by Gasteiger charge is -2.32. The second kappa shape index (κ2) is 9.51. The number of benzene rings is 2. The van der Waals surface area contributed by atoms with Crippen molar-refractivity contribution in [2.45, 2.75) is 43.0 Å². The van der Waals surface area contributed by atoms with Crippen LogP contribution in [0.5, 0.6) is 0 Å². The molecule has 4 rings (SSSR count). The normalized spacial score (nSPS) is 21.2. The Hall–Kier alpha value is -2.22. The molecule has 0 saturated carbocycles. The third-order valence-electron chi connectivity index (χ3n) is 6.40. The van der Waals surface area contributed by atoms with Crippen LogP contribution >= 0.6 is 0 Å². The molecule has 2 heterocycles. The van der Waals surface area contributed by atoms with Crippen molar-refractivity contribution in [1.82, 2.24) is 9.21 Å². The fourth-order valence-corrected chi connectivity index (χ4v) is 6.17. The van der Waals surface area contributed by atoms with E-state index in [1.165, 1.54) is 9.87 Å². The van der Waals surface area contributed by atoms with Crippen LogP contribution in [0, 0.1) is 0 Å². The van der Waals surface area contributed by atoms with E-state index in [1.54, 1.807) is 24.3 Å². The molecule has 2 aromatic rings. The van der Waals surface area contributed by atoms with Gasteiger partial charge in [-0.25, -0.2) is 8.42 Å². The van der Waals surface area contributed by atoms with Gasteiger partial charge in [0.05, 0.1) is 18.1 Å². The summed E-state index contributed by atoms with van der Waals surface area (Å²) >= 11 is 0. The van der Waals surface area contributed by atoms with Crippen molar-refractivity contribution in [3.05, 3.63) is 65.7 Å². The Kier molecular flexibility index (Phi) is 6.74. The van der Waals surface area contributed by atoms with Crippen LogP contribution in [0.1, 0.15) is 48.0 Å². The van der Waals surface area contributed by atoms with Crippen LogP contribution in [-0.4, -0.2) is 62.4 Å². The summed E-state index contributed by atoms with van der Waals surface area (Å²) in [7, 11) is -3.56. The van der Waals surface area contributed by atoms with Crippen LogP contribution in [0.3, 0.4) is 0 Å². The number of amides is 1. The Morgan fingerprint density at radius 2 is 1.71 bits per heavy atom. The molecule has 2 fully saturated rings. The van der Waals surface area contributed by atoms with E-state index >= 15 is 0 Å². The van der Waals surface area contributed by atoms with Crippen molar-refractivity contribution in [2.24, 2.45) is 0 Å². The number of nitrogens with zero attached hydrogens (tertiary/aromatic N) is 2. The highest BCUT2D eigenvalue weighted by Gasteiger charge is 2.35. The Morgan fingerprint density at radius 3 is 2.35 bits per heavy atom. The summed E-state index contributed by atoms with van der Waals surface area (Å²) < 4.78 is 32.4. The van der Waals surface area contributed by atoms with Gasteiger partial charge < -0.3 is 9.64 Å². The Bertz CT molecular complexity index is 986. The molecule has 2 saturated heterocycles. The lowest BCUT2D eigenvalue weighted by molar-refractivity contribution is 0.0714. The maximum absolute atomic E-state index is 13.3. The smallest absolute Gasteiger partial charge is 0.254 e. The lowest BCUT2D eigenvalue weighted by Crippen LogP contribution is -2.40. The standard InChI is InChI=1S/C24H30N2O4S/c1-2-22(19-7-4-3-5-8-19)23-9-6-14-26(23)24(27)20-10-12-21(13-11-20)31(28,29)25-15-17-30-18-16-25/h3-5,7-8,10-13,22-23H,2,6,9,14-18H2,1H3/t22-,23-/m1/s1. The van der Waals surface area contributed by atoms with Crippen LogP contribution < -0.4 is 0 Å². The van der Waals surface area contributed by atoms with Crippen molar-refractivity contribution in [3.63, 3.8) is 0 Å². The highest BCUT2D eigenvalue weighted by Crippen LogP contribution is 2.34. The van der Waals surface area contributed by atoms with E-state index in [0.29, 0.717) is 37.8 Å². The minimum Gasteiger partial charge on any atom is -0.379 e. The zero-order valence-corrected chi connectivity index (χ0v) is 18.8. The highest BCUT2D eigenvalue weighted by molar-refractivity contribution is 7.89. The third-order valence-corrected chi connectivity index (χ3v) is 8.31. The minimum atomic E-state index is -3.56. The average Bonchev–Trinajstić information content (AvgIpc) is 3.30. The van der Waals surface area contributed by atoms with Gasteiger partial charge in [0, 0.05) is 37.2 Å². The maximum Gasteiger partial charge on any atom is 0.254 e. The van der Waals surface area contributed by atoms with Gasteiger partial charge >= 0.3 is 0 Å². The number of morpholine rings is 1. The first-order valence-electron chi connectivity index (χ1n) is 11.1. The van der Waals surface area contributed by atoms with E-state index < -0.39 is 10.0 Å². The van der Waals surface area contributed by atoms with Gasteiger partial charge in [0.1, 0.15) is 0 Å². The van der Waals surface area contributed by atoms with Crippen molar-refractivity contribution < 1.29 is 17.9 Å². The number of likely N-dealkylation sites (tertiary alicyclic amines) is 1. The van der Waals surface area contributed by atoms with Gasteiger partial charge in [0.2, 0.25) is 10.0 Å². The molecule has 1 amide bonds. The van der Waals surface area contributed by atoms with E-state index in [4.69, 9.17) is 4.74 Å². The highest BCUT2D eigenvalue weighted by atomic mass is 32.2. The molecule has 2 aromatic carbocycles. The molecular weight excluding hydrogens is 412 g/mol. The van der Waals surface area contributed by atoms with E-state index in [0.717, 1.165) is 25.8 Å². The second-order valence-corrected chi connectivity index (χ2v) is 10.1. The molecule has 31 heavy (non-hydrogen) atoms. The summed E-state index contributed by atoms with van der Waals surface area (Å²) in [5.41, 5.74) is 1.80. The Labute approximate surface area is 184 Å². The molecule has 0 aliphatic carbocycles. The topological polar surface area (TPSA) is 66.9 Å². The van der Waals surface area contributed by atoms with Crippen molar-refractivity contribution >= 4 is 15.9 Å². The van der Waals surface area contributed by atoms with Gasteiger partial charge in [0.15, 0.2) is 0 Å². The average molecular weight is 443 g/mol. The number of carbonyl (C=O) groups excluding carboxylic acids is 1. The Morgan fingerprint density at radius 1 is 1.03 bits per heavy atom. The van der Waals surface area contributed by atoms with Crippen LogP contribution in [0.25, 0.3) is 0 Å². The molecule has 0 unspecified atom stereocenters. The molecule has 2 aliphatic heterocycles. The zero-order valence-electron chi connectivity index (χ0n) is 17.9. The van der Waals surface area contributed by atoms with E-state index in [9.17, 15) is 13.2 Å². The molecule has 0 radical (unpaired) electrons. The van der Waals surface area contributed by atoms with Crippen molar-refractivity contribution in [3.8, 4) is 0 Å². The zero-order chi connectivity index (χ0) is 21.8. The Balaban J connectivity index is 1.52.